The van der Waals surface area contributed by atoms with Crippen molar-refractivity contribution >= 4 is 10.0 Å². The summed E-state index contributed by atoms with van der Waals surface area (Å²) in [5, 5.41) is 9.50. The van der Waals surface area contributed by atoms with E-state index in [0.717, 1.165) is 25.7 Å². The van der Waals surface area contributed by atoms with Gasteiger partial charge in [-0.3, -0.25) is 0 Å². The molecule has 0 aliphatic heterocycles. The van der Waals surface area contributed by atoms with Crippen LogP contribution >= 0.6 is 0 Å². The van der Waals surface area contributed by atoms with Gasteiger partial charge in [0.25, 0.3) is 0 Å². The average molecular weight is 308 g/mol. The smallest absolute Gasteiger partial charge is 0.245 e. The normalized spacial score (nSPS) is 18.5. The molecule has 0 heterocycles. The molecule has 0 amide bonds. The summed E-state index contributed by atoms with van der Waals surface area (Å²) in [4.78, 5) is 0.0753. The van der Waals surface area contributed by atoms with Gasteiger partial charge in [-0.1, -0.05) is 37.8 Å². The van der Waals surface area contributed by atoms with Crippen molar-refractivity contribution < 1.29 is 13.2 Å². The number of sulfonamides is 1. The van der Waals surface area contributed by atoms with Crippen LogP contribution in [0.2, 0.25) is 0 Å². The molecule has 1 N–H and O–H groups in total. The molecular formula is C15H20N2O3S. The van der Waals surface area contributed by atoms with Crippen molar-refractivity contribution in [3.05, 3.63) is 24.3 Å². The molecule has 0 saturated heterocycles. The molecule has 6 heteroatoms. The zero-order valence-corrected chi connectivity index (χ0v) is 12.9. The number of methoxy groups -OCH3 is 1. The van der Waals surface area contributed by atoms with E-state index in [1.807, 2.05) is 0 Å². The molecule has 2 rings (SSSR count). The highest BCUT2D eigenvalue weighted by Crippen LogP contribution is 2.30. The lowest BCUT2D eigenvalue weighted by Crippen LogP contribution is -2.46. The van der Waals surface area contributed by atoms with Crippen LogP contribution in [0.25, 0.3) is 0 Å². The van der Waals surface area contributed by atoms with E-state index in [9.17, 15) is 13.7 Å². The minimum absolute atomic E-state index is 0.0753. The lowest BCUT2D eigenvalue weighted by atomic mass is 9.94. The highest BCUT2D eigenvalue weighted by Gasteiger charge is 2.36. The van der Waals surface area contributed by atoms with Crippen LogP contribution < -0.4 is 9.46 Å². The SMILES string of the molecule is COc1ccccc1S(=O)(=O)NC1(C#N)CCCCCC1. The summed E-state index contributed by atoms with van der Waals surface area (Å²) >= 11 is 0. The Morgan fingerprint density at radius 2 is 1.81 bits per heavy atom. The number of nitriles is 1. The molecule has 1 saturated carbocycles. The third-order valence-electron chi connectivity index (χ3n) is 3.86. The fraction of sp³-hybridized carbons (Fsp3) is 0.533. The van der Waals surface area contributed by atoms with E-state index in [1.54, 1.807) is 18.2 Å². The Labute approximate surface area is 126 Å². The number of para-hydroxylation sites is 1. The minimum Gasteiger partial charge on any atom is -0.495 e. The maximum atomic E-state index is 12.6. The van der Waals surface area contributed by atoms with E-state index in [-0.39, 0.29) is 10.6 Å². The summed E-state index contributed by atoms with van der Waals surface area (Å²) in [6.45, 7) is 0. The predicted octanol–water partition coefficient (Wildman–Crippen LogP) is 2.59. The van der Waals surface area contributed by atoms with Gasteiger partial charge in [-0.25, -0.2) is 8.42 Å². The van der Waals surface area contributed by atoms with Gasteiger partial charge < -0.3 is 4.74 Å². The monoisotopic (exact) mass is 308 g/mol. The molecule has 0 aromatic heterocycles. The molecule has 1 aromatic carbocycles. The standard InChI is InChI=1S/C15H20N2O3S/c1-20-13-8-4-5-9-14(13)21(18,19)17-15(12-16)10-6-2-3-7-11-15/h4-5,8-9,17H,2-3,6-7,10-11H2,1H3. The number of hydrogen-bond donors (Lipinski definition) is 1. The number of nitrogens with zero attached hydrogens (tertiary/aromatic N) is 1. The van der Waals surface area contributed by atoms with Crippen LogP contribution in [0.5, 0.6) is 5.75 Å². The summed E-state index contributed by atoms with van der Waals surface area (Å²) < 4.78 is 33.0. The Morgan fingerprint density at radius 1 is 1.19 bits per heavy atom. The molecule has 114 valence electrons. The van der Waals surface area contributed by atoms with Crippen LogP contribution in [0.15, 0.2) is 29.2 Å². The molecule has 1 aromatic rings. The molecule has 1 fully saturated rings. The van der Waals surface area contributed by atoms with Crippen molar-refractivity contribution in [1.82, 2.24) is 4.72 Å². The Hall–Kier alpha value is -1.58. The molecule has 0 atom stereocenters. The number of nitrogens with one attached hydrogen (secondary N) is 1. The van der Waals surface area contributed by atoms with Crippen LogP contribution in [-0.2, 0) is 10.0 Å². The van der Waals surface area contributed by atoms with Crippen LogP contribution in [0, 0.1) is 11.3 Å². The fourth-order valence-electron chi connectivity index (χ4n) is 2.72. The van der Waals surface area contributed by atoms with Gasteiger partial charge in [-0.2, -0.15) is 9.98 Å². The number of hydrogen-bond acceptors (Lipinski definition) is 4. The van der Waals surface area contributed by atoms with Gasteiger partial charge in [0.15, 0.2) is 0 Å². The lowest BCUT2D eigenvalue weighted by molar-refractivity contribution is 0.397. The largest absolute Gasteiger partial charge is 0.495 e. The first-order chi connectivity index (χ1) is 10.0. The van der Waals surface area contributed by atoms with E-state index >= 15 is 0 Å². The van der Waals surface area contributed by atoms with Crippen LogP contribution in [0.4, 0.5) is 0 Å². The molecule has 0 bridgehead atoms. The van der Waals surface area contributed by atoms with Crippen molar-refractivity contribution in [2.75, 3.05) is 7.11 Å². The van der Waals surface area contributed by atoms with Crippen LogP contribution in [-0.4, -0.2) is 21.1 Å². The number of benzene rings is 1. The van der Waals surface area contributed by atoms with Crippen molar-refractivity contribution in [2.45, 2.75) is 49.0 Å². The van der Waals surface area contributed by atoms with Gasteiger partial charge in [0, 0.05) is 0 Å². The average Bonchev–Trinajstić information content (AvgIpc) is 2.73. The zero-order chi connectivity index (χ0) is 15.3. The third kappa shape index (κ3) is 3.55. The first-order valence-corrected chi connectivity index (χ1v) is 8.60. The van der Waals surface area contributed by atoms with Crippen molar-refractivity contribution in [1.29, 1.82) is 5.26 Å². The lowest BCUT2D eigenvalue weighted by Gasteiger charge is -2.26. The second-order valence-corrected chi connectivity index (χ2v) is 7.02. The van der Waals surface area contributed by atoms with Crippen LogP contribution in [0.3, 0.4) is 0 Å². The van der Waals surface area contributed by atoms with Gasteiger partial charge in [-0.15, -0.1) is 0 Å². The van der Waals surface area contributed by atoms with Gasteiger partial charge in [0.2, 0.25) is 10.0 Å². The molecule has 0 unspecified atom stereocenters. The van der Waals surface area contributed by atoms with Crippen molar-refractivity contribution in [3.63, 3.8) is 0 Å². The Morgan fingerprint density at radius 3 is 2.38 bits per heavy atom. The van der Waals surface area contributed by atoms with E-state index in [1.165, 1.54) is 13.2 Å². The zero-order valence-electron chi connectivity index (χ0n) is 12.1. The summed E-state index contributed by atoms with van der Waals surface area (Å²) in [5.41, 5.74) is -1.00. The third-order valence-corrected chi connectivity index (χ3v) is 5.44. The topological polar surface area (TPSA) is 79.2 Å². The highest BCUT2D eigenvalue weighted by atomic mass is 32.2. The highest BCUT2D eigenvalue weighted by molar-refractivity contribution is 7.89. The summed E-state index contributed by atoms with van der Waals surface area (Å²) in [5.74, 6) is 0.284. The first-order valence-electron chi connectivity index (χ1n) is 7.11. The van der Waals surface area contributed by atoms with Crippen molar-refractivity contribution in [3.8, 4) is 11.8 Å². The summed E-state index contributed by atoms with van der Waals surface area (Å²) in [7, 11) is -2.36. The van der Waals surface area contributed by atoms with E-state index < -0.39 is 15.6 Å². The molecule has 0 spiro atoms. The first kappa shape index (κ1) is 15.8. The molecular weight excluding hydrogens is 288 g/mol. The summed E-state index contributed by atoms with van der Waals surface area (Å²) in [6, 6.07) is 8.63. The maximum absolute atomic E-state index is 12.6. The van der Waals surface area contributed by atoms with E-state index in [4.69, 9.17) is 4.74 Å². The minimum atomic E-state index is -3.79. The van der Waals surface area contributed by atoms with E-state index in [2.05, 4.69) is 10.8 Å². The van der Waals surface area contributed by atoms with Gasteiger partial charge in [0.05, 0.1) is 13.2 Å². The second-order valence-electron chi connectivity index (χ2n) is 5.36. The Balaban J connectivity index is 2.33. The second kappa shape index (κ2) is 6.46. The number of rotatable bonds is 4. The van der Waals surface area contributed by atoms with E-state index in [0.29, 0.717) is 12.8 Å². The molecule has 1 aliphatic rings. The molecule has 21 heavy (non-hydrogen) atoms. The number of ether oxygens (including phenoxy) is 1. The van der Waals surface area contributed by atoms with Gasteiger partial charge >= 0.3 is 0 Å². The Bertz CT molecular complexity index is 627. The van der Waals surface area contributed by atoms with Crippen LogP contribution in [0.1, 0.15) is 38.5 Å². The summed E-state index contributed by atoms with van der Waals surface area (Å²) in [6.07, 6.45) is 4.92. The van der Waals surface area contributed by atoms with Gasteiger partial charge in [-0.05, 0) is 25.0 Å². The predicted molar refractivity (Wildman–Crippen MR) is 79.4 cm³/mol. The molecule has 0 radical (unpaired) electrons. The van der Waals surface area contributed by atoms with Crippen molar-refractivity contribution in [2.24, 2.45) is 0 Å². The quantitative estimate of drug-likeness (QED) is 0.867. The fourth-order valence-corrected chi connectivity index (χ4v) is 4.27. The molecule has 1 aliphatic carbocycles. The van der Waals surface area contributed by atoms with Gasteiger partial charge in [0.1, 0.15) is 16.2 Å². The Kier molecular flexibility index (Phi) is 4.86. The maximum Gasteiger partial charge on any atom is 0.245 e. The molecule has 5 nitrogen and oxygen atoms in total.